The van der Waals surface area contributed by atoms with Crippen LogP contribution in [0.5, 0.6) is 0 Å². The zero-order chi connectivity index (χ0) is 19.5. The van der Waals surface area contributed by atoms with Crippen molar-refractivity contribution in [1.29, 1.82) is 0 Å². The highest BCUT2D eigenvalue weighted by atomic mass is 35.5. The third kappa shape index (κ3) is 4.41. The number of fused-ring (bicyclic) bond motifs is 1. The van der Waals surface area contributed by atoms with E-state index in [-0.39, 0.29) is 5.91 Å². The Morgan fingerprint density at radius 2 is 1.82 bits per heavy atom. The molecule has 0 unspecified atom stereocenters. The van der Waals surface area contributed by atoms with E-state index in [1.165, 1.54) is 0 Å². The first kappa shape index (κ1) is 19.5. The third-order valence-corrected chi connectivity index (χ3v) is 6.46. The number of thiazole rings is 1. The third-order valence-electron chi connectivity index (χ3n) is 4.82. The SMILES string of the molecule is O=C(NCCN1CCN(c2nc3c(Cl)cccc3s2)CC1)c1ccc(Cl)cc1. The molecule has 1 aliphatic heterocycles. The summed E-state index contributed by atoms with van der Waals surface area (Å²) in [6, 6.07) is 12.8. The highest BCUT2D eigenvalue weighted by Gasteiger charge is 2.20. The number of hydrogen-bond donors (Lipinski definition) is 1. The fraction of sp³-hybridized carbons (Fsp3) is 0.300. The molecule has 8 heteroatoms. The van der Waals surface area contributed by atoms with Gasteiger partial charge in [-0.1, -0.05) is 40.6 Å². The Labute approximate surface area is 177 Å². The summed E-state index contributed by atoms with van der Waals surface area (Å²) < 4.78 is 1.12. The molecule has 1 aromatic heterocycles. The average Bonchev–Trinajstić information content (AvgIpc) is 3.15. The van der Waals surface area contributed by atoms with E-state index in [0.717, 1.165) is 48.1 Å². The maximum Gasteiger partial charge on any atom is 0.251 e. The average molecular weight is 435 g/mol. The number of amides is 1. The first-order valence-corrected chi connectivity index (χ1v) is 10.7. The van der Waals surface area contributed by atoms with Crippen LogP contribution in [0.25, 0.3) is 10.2 Å². The number of carbonyl (C=O) groups is 1. The Balaban J connectivity index is 1.25. The summed E-state index contributed by atoms with van der Waals surface area (Å²) in [5, 5.41) is 5.33. The van der Waals surface area contributed by atoms with Crippen LogP contribution in [0, 0.1) is 0 Å². The molecule has 28 heavy (non-hydrogen) atoms. The lowest BCUT2D eigenvalue weighted by Crippen LogP contribution is -2.48. The molecule has 0 aliphatic carbocycles. The Morgan fingerprint density at radius 1 is 1.07 bits per heavy atom. The Hall–Kier alpha value is -1.86. The first-order chi connectivity index (χ1) is 13.6. The molecule has 0 spiro atoms. The van der Waals surface area contributed by atoms with Gasteiger partial charge in [0.2, 0.25) is 0 Å². The lowest BCUT2D eigenvalue weighted by Gasteiger charge is -2.34. The molecule has 146 valence electrons. The zero-order valence-electron chi connectivity index (χ0n) is 15.2. The molecule has 5 nitrogen and oxygen atoms in total. The predicted molar refractivity (Wildman–Crippen MR) is 117 cm³/mol. The molecule has 1 amide bonds. The molecule has 1 aliphatic rings. The van der Waals surface area contributed by atoms with Gasteiger partial charge in [-0.25, -0.2) is 4.98 Å². The quantitative estimate of drug-likeness (QED) is 0.654. The lowest BCUT2D eigenvalue weighted by atomic mass is 10.2. The van der Waals surface area contributed by atoms with Crippen molar-refractivity contribution in [2.45, 2.75) is 0 Å². The van der Waals surface area contributed by atoms with Crippen LogP contribution in [0.15, 0.2) is 42.5 Å². The summed E-state index contributed by atoms with van der Waals surface area (Å²) in [6.07, 6.45) is 0. The summed E-state index contributed by atoms with van der Waals surface area (Å²) in [4.78, 5) is 21.5. The molecule has 2 heterocycles. The minimum atomic E-state index is -0.0679. The van der Waals surface area contributed by atoms with Crippen molar-refractivity contribution < 1.29 is 4.79 Å². The van der Waals surface area contributed by atoms with E-state index in [4.69, 9.17) is 28.2 Å². The predicted octanol–water partition coefficient (Wildman–Crippen LogP) is 4.16. The maximum absolute atomic E-state index is 12.1. The van der Waals surface area contributed by atoms with Gasteiger partial charge in [-0.3, -0.25) is 9.69 Å². The van der Waals surface area contributed by atoms with Gasteiger partial charge in [-0.15, -0.1) is 0 Å². The number of aromatic nitrogens is 1. The molecule has 0 radical (unpaired) electrons. The fourth-order valence-corrected chi connectivity index (χ4v) is 4.68. The molecule has 1 N–H and O–H groups in total. The number of nitrogens with zero attached hydrogens (tertiary/aromatic N) is 3. The number of halogens is 2. The van der Waals surface area contributed by atoms with Gasteiger partial charge < -0.3 is 10.2 Å². The molecule has 1 saturated heterocycles. The number of benzene rings is 2. The van der Waals surface area contributed by atoms with Gasteiger partial charge in [0, 0.05) is 49.9 Å². The van der Waals surface area contributed by atoms with Crippen LogP contribution in [0.1, 0.15) is 10.4 Å². The molecule has 2 aromatic carbocycles. The Kier molecular flexibility index (Phi) is 6.01. The minimum Gasteiger partial charge on any atom is -0.351 e. The molecule has 3 aromatic rings. The number of piperazine rings is 1. The van der Waals surface area contributed by atoms with Gasteiger partial charge in [0.05, 0.1) is 9.72 Å². The summed E-state index contributed by atoms with van der Waals surface area (Å²) in [5.41, 5.74) is 1.51. The number of rotatable bonds is 5. The molecule has 0 bridgehead atoms. The second kappa shape index (κ2) is 8.66. The fourth-order valence-electron chi connectivity index (χ4n) is 3.23. The van der Waals surface area contributed by atoms with E-state index in [9.17, 15) is 4.79 Å². The number of nitrogens with one attached hydrogen (secondary N) is 1. The molecular formula is C20H20Cl2N4OS. The normalized spacial score (nSPS) is 15.1. The summed E-state index contributed by atoms with van der Waals surface area (Å²) in [7, 11) is 0. The van der Waals surface area contributed by atoms with Crippen LogP contribution < -0.4 is 10.2 Å². The highest BCUT2D eigenvalue weighted by Crippen LogP contribution is 2.33. The van der Waals surface area contributed by atoms with Gasteiger partial charge in [-0.05, 0) is 36.4 Å². The van der Waals surface area contributed by atoms with Crippen LogP contribution in [-0.2, 0) is 0 Å². The van der Waals surface area contributed by atoms with Crippen molar-refractivity contribution >= 4 is 55.8 Å². The van der Waals surface area contributed by atoms with Crippen molar-refractivity contribution in [1.82, 2.24) is 15.2 Å². The summed E-state index contributed by atoms with van der Waals surface area (Å²) in [6.45, 7) is 5.18. The van der Waals surface area contributed by atoms with Gasteiger partial charge in [0.1, 0.15) is 5.52 Å². The van der Waals surface area contributed by atoms with E-state index in [1.807, 2.05) is 12.1 Å². The number of para-hydroxylation sites is 1. The summed E-state index contributed by atoms with van der Waals surface area (Å²) >= 11 is 13.8. The minimum absolute atomic E-state index is 0.0679. The van der Waals surface area contributed by atoms with Gasteiger partial charge in [0.15, 0.2) is 5.13 Å². The van der Waals surface area contributed by atoms with E-state index in [2.05, 4.69) is 21.2 Å². The lowest BCUT2D eigenvalue weighted by molar-refractivity contribution is 0.0948. The monoisotopic (exact) mass is 434 g/mol. The Morgan fingerprint density at radius 3 is 2.54 bits per heavy atom. The van der Waals surface area contributed by atoms with E-state index < -0.39 is 0 Å². The standard InChI is InChI=1S/C20H20Cl2N4OS/c21-15-6-4-14(5-7-15)19(27)23-8-9-25-10-12-26(13-11-25)20-24-18-16(22)2-1-3-17(18)28-20/h1-7H,8-13H2,(H,23,27). The van der Waals surface area contributed by atoms with Crippen LogP contribution >= 0.6 is 34.5 Å². The van der Waals surface area contributed by atoms with Gasteiger partial charge in [0.25, 0.3) is 5.91 Å². The number of hydrogen-bond acceptors (Lipinski definition) is 5. The van der Waals surface area contributed by atoms with Crippen molar-refractivity contribution in [3.63, 3.8) is 0 Å². The first-order valence-electron chi connectivity index (χ1n) is 9.16. The van der Waals surface area contributed by atoms with Crippen molar-refractivity contribution in [3.8, 4) is 0 Å². The molecule has 0 atom stereocenters. The van der Waals surface area contributed by atoms with E-state index in [0.29, 0.717) is 22.2 Å². The van der Waals surface area contributed by atoms with Crippen LogP contribution in [0.2, 0.25) is 10.0 Å². The topological polar surface area (TPSA) is 48.5 Å². The van der Waals surface area contributed by atoms with Crippen molar-refractivity contribution in [3.05, 3.63) is 58.1 Å². The van der Waals surface area contributed by atoms with Gasteiger partial charge in [-0.2, -0.15) is 0 Å². The number of anilines is 1. The Bertz CT molecular complexity index is 968. The smallest absolute Gasteiger partial charge is 0.251 e. The molecular weight excluding hydrogens is 415 g/mol. The highest BCUT2D eigenvalue weighted by molar-refractivity contribution is 7.22. The zero-order valence-corrected chi connectivity index (χ0v) is 17.5. The maximum atomic E-state index is 12.1. The van der Waals surface area contributed by atoms with E-state index >= 15 is 0 Å². The van der Waals surface area contributed by atoms with Crippen LogP contribution in [0.3, 0.4) is 0 Å². The van der Waals surface area contributed by atoms with Crippen molar-refractivity contribution in [2.75, 3.05) is 44.2 Å². The second-order valence-electron chi connectivity index (χ2n) is 6.67. The van der Waals surface area contributed by atoms with Crippen LogP contribution in [0.4, 0.5) is 5.13 Å². The van der Waals surface area contributed by atoms with E-state index in [1.54, 1.807) is 35.6 Å². The largest absolute Gasteiger partial charge is 0.351 e. The van der Waals surface area contributed by atoms with Crippen LogP contribution in [-0.4, -0.2) is 55.1 Å². The second-order valence-corrected chi connectivity index (χ2v) is 8.53. The summed E-state index contributed by atoms with van der Waals surface area (Å²) in [5.74, 6) is -0.0679. The van der Waals surface area contributed by atoms with Crippen molar-refractivity contribution in [2.24, 2.45) is 0 Å². The molecule has 0 saturated carbocycles. The molecule has 4 rings (SSSR count). The molecule has 1 fully saturated rings. The van der Waals surface area contributed by atoms with Gasteiger partial charge >= 0.3 is 0 Å². The number of carbonyl (C=O) groups excluding carboxylic acids is 1.